The summed E-state index contributed by atoms with van der Waals surface area (Å²) >= 11 is 0. The Labute approximate surface area is 188 Å². The van der Waals surface area contributed by atoms with E-state index in [4.69, 9.17) is 4.74 Å². The summed E-state index contributed by atoms with van der Waals surface area (Å²) in [6, 6.07) is 6.05. The van der Waals surface area contributed by atoms with Crippen molar-refractivity contribution in [3.05, 3.63) is 30.2 Å². The van der Waals surface area contributed by atoms with Crippen LogP contribution in [0, 0.1) is 0 Å². The molecule has 3 heterocycles. The number of halogens is 1. The van der Waals surface area contributed by atoms with Crippen LogP contribution in [0.1, 0.15) is 33.0 Å². The number of hydrogen-bond acceptors (Lipinski definition) is 5. The molecule has 0 radical (unpaired) electrons. The number of aryl methyl sites for hydroxylation is 1. The second-order valence-corrected chi connectivity index (χ2v) is 7.87. The Kier molecular flexibility index (Phi) is 8.05. The summed E-state index contributed by atoms with van der Waals surface area (Å²) < 4.78 is 7.37. The van der Waals surface area contributed by atoms with Gasteiger partial charge in [0.25, 0.3) is 0 Å². The summed E-state index contributed by atoms with van der Waals surface area (Å²) in [4.78, 5) is 17.9. The first-order valence-electron chi connectivity index (χ1n) is 9.59. The van der Waals surface area contributed by atoms with Crippen LogP contribution in [0.25, 0.3) is 5.65 Å². The van der Waals surface area contributed by atoms with Crippen LogP contribution in [-0.4, -0.2) is 69.9 Å². The van der Waals surface area contributed by atoms with Crippen molar-refractivity contribution in [2.75, 3.05) is 26.7 Å². The van der Waals surface area contributed by atoms with Crippen LogP contribution in [-0.2, 0) is 11.2 Å². The van der Waals surface area contributed by atoms with Gasteiger partial charge in [-0.15, -0.1) is 34.2 Å². The molecule has 1 aliphatic rings. The summed E-state index contributed by atoms with van der Waals surface area (Å²) in [7, 11) is 1.74. The maximum absolute atomic E-state index is 12.0. The predicted octanol–water partition coefficient (Wildman–Crippen LogP) is 2.06. The number of nitrogens with zero attached hydrogens (tertiary/aromatic N) is 5. The summed E-state index contributed by atoms with van der Waals surface area (Å²) in [5.41, 5.74) is 0.394. The summed E-state index contributed by atoms with van der Waals surface area (Å²) in [6.07, 6.45) is 3.44. The number of pyridine rings is 1. The van der Waals surface area contributed by atoms with Crippen LogP contribution in [0.3, 0.4) is 0 Å². The Morgan fingerprint density at radius 2 is 2.07 bits per heavy atom. The standard InChI is InChI=1S/C19H29N7O2.HI/c1-19(2,3)28-18(27)25-12-14(13-25)22-17(20-4)21-10-7-9-16-24-23-15-8-5-6-11-26(15)16;/h5-6,8,11,14H,7,9-10,12-13H2,1-4H3,(H2,20,21,22);1H. The Balaban J connectivity index is 0.00000300. The second kappa shape index (κ2) is 10.1. The lowest BCUT2D eigenvalue weighted by Crippen LogP contribution is -2.63. The van der Waals surface area contributed by atoms with Gasteiger partial charge in [-0.05, 0) is 39.3 Å². The Morgan fingerprint density at radius 1 is 1.31 bits per heavy atom. The molecule has 9 nitrogen and oxygen atoms in total. The molecule has 29 heavy (non-hydrogen) atoms. The highest BCUT2D eigenvalue weighted by molar-refractivity contribution is 14.0. The second-order valence-electron chi connectivity index (χ2n) is 7.87. The minimum Gasteiger partial charge on any atom is -0.444 e. The molecule has 1 fully saturated rings. The van der Waals surface area contributed by atoms with Gasteiger partial charge in [0, 0.05) is 39.3 Å². The highest BCUT2D eigenvalue weighted by Crippen LogP contribution is 2.15. The van der Waals surface area contributed by atoms with Crippen molar-refractivity contribution < 1.29 is 9.53 Å². The maximum Gasteiger partial charge on any atom is 0.410 e. The van der Waals surface area contributed by atoms with Crippen molar-refractivity contribution in [1.82, 2.24) is 30.1 Å². The molecule has 1 saturated heterocycles. The molecule has 1 amide bonds. The van der Waals surface area contributed by atoms with E-state index in [1.807, 2.05) is 49.6 Å². The van der Waals surface area contributed by atoms with Gasteiger partial charge in [0.15, 0.2) is 11.6 Å². The van der Waals surface area contributed by atoms with E-state index in [1.165, 1.54) is 0 Å². The van der Waals surface area contributed by atoms with Gasteiger partial charge in [-0.2, -0.15) is 0 Å². The van der Waals surface area contributed by atoms with Crippen molar-refractivity contribution in [2.24, 2.45) is 4.99 Å². The number of guanidine groups is 1. The molecule has 0 saturated carbocycles. The fraction of sp³-hybridized carbons (Fsp3) is 0.579. The van der Waals surface area contributed by atoms with E-state index in [9.17, 15) is 4.79 Å². The molecule has 0 unspecified atom stereocenters. The van der Waals surface area contributed by atoms with E-state index < -0.39 is 5.60 Å². The van der Waals surface area contributed by atoms with Gasteiger partial charge in [0.05, 0.1) is 6.04 Å². The molecule has 160 valence electrons. The van der Waals surface area contributed by atoms with Gasteiger partial charge in [-0.25, -0.2) is 4.79 Å². The SMILES string of the molecule is CN=C(NCCCc1nnc2ccccn12)NC1CN(C(=O)OC(C)(C)C)C1.I. The number of nitrogens with one attached hydrogen (secondary N) is 2. The molecule has 2 N–H and O–H groups in total. The molecule has 10 heteroatoms. The topological polar surface area (TPSA) is 96.1 Å². The molecular weight excluding hydrogens is 485 g/mol. The molecule has 0 bridgehead atoms. The number of fused-ring (bicyclic) bond motifs is 1. The molecule has 0 atom stereocenters. The van der Waals surface area contributed by atoms with Crippen molar-refractivity contribution >= 4 is 41.7 Å². The number of amides is 1. The van der Waals surface area contributed by atoms with E-state index in [1.54, 1.807) is 11.9 Å². The van der Waals surface area contributed by atoms with E-state index in [-0.39, 0.29) is 36.1 Å². The first-order valence-corrected chi connectivity index (χ1v) is 9.59. The predicted molar refractivity (Wildman–Crippen MR) is 123 cm³/mol. The minimum absolute atomic E-state index is 0. The van der Waals surface area contributed by atoms with E-state index in [2.05, 4.69) is 25.8 Å². The number of ether oxygens (including phenoxy) is 1. The van der Waals surface area contributed by atoms with E-state index in [0.717, 1.165) is 36.8 Å². The Morgan fingerprint density at radius 3 is 2.76 bits per heavy atom. The van der Waals surface area contributed by atoms with Gasteiger partial charge in [-0.3, -0.25) is 9.39 Å². The first kappa shape index (κ1) is 23.2. The van der Waals surface area contributed by atoms with Crippen LogP contribution in [0.4, 0.5) is 4.79 Å². The zero-order valence-corrected chi connectivity index (χ0v) is 19.7. The maximum atomic E-state index is 12.0. The molecule has 1 aliphatic heterocycles. The number of aliphatic imine (C=N–C) groups is 1. The van der Waals surface area contributed by atoms with Crippen LogP contribution in [0.5, 0.6) is 0 Å². The monoisotopic (exact) mass is 515 g/mol. The molecule has 2 aromatic heterocycles. The quantitative estimate of drug-likeness (QED) is 0.274. The average Bonchev–Trinajstić information content (AvgIpc) is 3.01. The lowest BCUT2D eigenvalue weighted by molar-refractivity contribution is 0.00701. The zero-order valence-electron chi connectivity index (χ0n) is 17.4. The van der Waals surface area contributed by atoms with Gasteiger partial charge >= 0.3 is 6.09 Å². The zero-order chi connectivity index (χ0) is 20.1. The Hall–Kier alpha value is -2.11. The van der Waals surface area contributed by atoms with E-state index >= 15 is 0 Å². The highest BCUT2D eigenvalue weighted by Gasteiger charge is 2.34. The van der Waals surface area contributed by atoms with Gasteiger partial charge < -0.3 is 20.3 Å². The molecule has 0 aromatic carbocycles. The number of carbonyl (C=O) groups excluding carboxylic acids is 1. The largest absolute Gasteiger partial charge is 0.444 e. The van der Waals surface area contributed by atoms with Gasteiger partial charge in [0.1, 0.15) is 11.4 Å². The fourth-order valence-electron chi connectivity index (χ4n) is 2.95. The lowest BCUT2D eigenvalue weighted by atomic mass is 10.1. The van der Waals surface area contributed by atoms with Crippen LogP contribution >= 0.6 is 24.0 Å². The van der Waals surface area contributed by atoms with Crippen LogP contribution < -0.4 is 10.6 Å². The molecule has 2 aromatic rings. The average molecular weight is 515 g/mol. The lowest BCUT2D eigenvalue weighted by Gasteiger charge is -2.40. The summed E-state index contributed by atoms with van der Waals surface area (Å²) in [5, 5.41) is 15.0. The molecule has 0 spiro atoms. The van der Waals surface area contributed by atoms with Crippen molar-refractivity contribution in [1.29, 1.82) is 0 Å². The summed E-state index contributed by atoms with van der Waals surface area (Å²) in [6.45, 7) is 7.60. The van der Waals surface area contributed by atoms with Gasteiger partial charge in [0.2, 0.25) is 0 Å². The van der Waals surface area contributed by atoms with Crippen molar-refractivity contribution in [2.45, 2.75) is 45.3 Å². The number of rotatable bonds is 5. The van der Waals surface area contributed by atoms with Crippen LogP contribution in [0.2, 0.25) is 0 Å². The van der Waals surface area contributed by atoms with Crippen LogP contribution in [0.15, 0.2) is 29.4 Å². The third-order valence-electron chi connectivity index (χ3n) is 4.35. The molecule has 3 rings (SSSR count). The highest BCUT2D eigenvalue weighted by atomic mass is 127. The molecular formula is C19H30IN7O2. The normalized spacial score (nSPS) is 14.9. The number of likely N-dealkylation sites (tertiary alicyclic amines) is 1. The number of hydrogen-bond donors (Lipinski definition) is 2. The number of aromatic nitrogens is 3. The number of carbonyl (C=O) groups is 1. The van der Waals surface area contributed by atoms with Crippen molar-refractivity contribution in [3.8, 4) is 0 Å². The van der Waals surface area contributed by atoms with E-state index in [0.29, 0.717) is 13.1 Å². The first-order chi connectivity index (χ1) is 13.4. The summed E-state index contributed by atoms with van der Waals surface area (Å²) in [5.74, 6) is 1.69. The third kappa shape index (κ3) is 6.44. The third-order valence-corrected chi connectivity index (χ3v) is 4.35. The smallest absolute Gasteiger partial charge is 0.410 e. The minimum atomic E-state index is -0.469. The fourth-order valence-corrected chi connectivity index (χ4v) is 2.95. The Bertz CT molecular complexity index is 840. The van der Waals surface area contributed by atoms with Gasteiger partial charge in [-0.1, -0.05) is 6.07 Å². The van der Waals surface area contributed by atoms with Crippen molar-refractivity contribution in [3.63, 3.8) is 0 Å². The molecule has 0 aliphatic carbocycles.